The third kappa shape index (κ3) is 4.56. The summed E-state index contributed by atoms with van der Waals surface area (Å²) in [5, 5.41) is 0.419. The minimum Gasteiger partial charge on any atom is -0.494 e. The zero-order chi connectivity index (χ0) is 21.0. The molecule has 0 saturated heterocycles. The summed E-state index contributed by atoms with van der Waals surface area (Å²) in [5.41, 5.74) is 0.265. The Balaban J connectivity index is 2.13. The fourth-order valence-electron chi connectivity index (χ4n) is 2.65. The van der Waals surface area contributed by atoms with Crippen molar-refractivity contribution in [3.05, 3.63) is 88.4 Å². The third-order valence-electron chi connectivity index (χ3n) is 4.01. The van der Waals surface area contributed by atoms with Gasteiger partial charge in [-0.05, 0) is 61.5 Å². The monoisotopic (exact) mass is 449 g/mol. The second kappa shape index (κ2) is 8.86. The Morgan fingerprint density at radius 3 is 2.17 bits per heavy atom. The lowest BCUT2D eigenvalue weighted by Crippen LogP contribution is -2.37. The van der Waals surface area contributed by atoms with E-state index in [1.165, 1.54) is 42.5 Å². The molecule has 3 aromatic rings. The standard InChI is InChI=1S/C21H17Cl2NO4S/c1-2-28-17-11-9-16(10-12-17)24(29(26,27)18-6-4-3-5-7-18)21(25)15-8-13-19(22)20(23)14-15/h3-14H,2H2,1H3. The molecule has 0 saturated carbocycles. The summed E-state index contributed by atoms with van der Waals surface area (Å²) in [4.78, 5) is 13.2. The first kappa shape index (κ1) is 21.2. The minimum absolute atomic E-state index is 0.0118. The van der Waals surface area contributed by atoms with Gasteiger partial charge in [0.25, 0.3) is 15.9 Å². The van der Waals surface area contributed by atoms with Crippen LogP contribution in [0.3, 0.4) is 0 Å². The van der Waals surface area contributed by atoms with Crippen molar-refractivity contribution in [2.45, 2.75) is 11.8 Å². The molecule has 5 nitrogen and oxygen atoms in total. The summed E-state index contributed by atoms with van der Waals surface area (Å²) in [6.07, 6.45) is 0. The van der Waals surface area contributed by atoms with Crippen LogP contribution in [0.5, 0.6) is 5.75 Å². The molecule has 0 aliphatic rings. The Labute approximate surface area is 179 Å². The van der Waals surface area contributed by atoms with Crippen LogP contribution in [0, 0.1) is 0 Å². The number of ether oxygens (including phenoxy) is 1. The van der Waals surface area contributed by atoms with E-state index in [9.17, 15) is 13.2 Å². The molecule has 0 radical (unpaired) electrons. The van der Waals surface area contributed by atoms with Gasteiger partial charge in [0.2, 0.25) is 0 Å². The van der Waals surface area contributed by atoms with Crippen LogP contribution < -0.4 is 9.04 Å². The van der Waals surface area contributed by atoms with Gasteiger partial charge >= 0.3 is 0 Å². The molecule has 0 aliphatic carbocycles. The molecule has 29 heavy (non-hydrogen) atoms. The molecular formula is C21H17Cl2NO4S. The molecule has 0 aliphatic heterocycles. The van der Waals surface area contributed by atoms with Gasteiger partial charge in [-0.1, -0.05) is 41.4 Å². The second-order valence-electron chi connectivity index (χ2n) is 5.94. The topological polar surface area (TPSA) is 63.7 Å². The number of carbonyl (C=O) groups is 1. The van der Waals surface area contributed by atoms with E-state index in [4.69, 9.17) is 27.9 Å². The lowest BCUT2D eigenvalue weighted by Gasteiger charge is -2.23. The number of nitrogens with zero attached hydrogens (tertiary/aromatic N) is 1. The molecule has 0 N–H and O–H groups in total. The Hall–Kier alpha value is -2.54. The SMILES string of the molecule is CCOc1ccc(N(C(=O)c2ccc(Cl)c(Cl)c2)S(=O)(=O)c2ccccc2)cc1. The van der Waals surface area contributed by atoms with Crippen LogP contribution in [-0.2, 0) is 10.0 Å². The van der Waals surface area contributed by atoms with Crippen LogP contribution in [0.4, 0.5) is 5.69 Å². The maximum atomic E-state index is 13.3. The summed E-state index contributed by atoms with van der Waals surface area (Å²) >= 11 is 12.0. The number of halogens is 2. The number of carbonyl (C=O) groups excluding carboxylic acids is 1. The Bertz CT molecular complexity index is 1120. The fraction of sp³-hybridized carbons (Fsp3) is 0.0952. The summed E-state index contributed by atoms with van der Waals surface area (Å²) < 4.78 is 32.8. The first-order valence-electron chi connectivity index (χ1n) is 8.67. The lowest BCUT2D eigenvalue weighted by atomic mass is 10.2. The highest BCUT2D eigenvalue weighted by Gasteiger charge is 2.32. The van der Waals surface area contributed by atoms with Crippen molar-refractivity contribution in [3.63, 3.8) is 0 Å². The van der Waals surface area contributed by atoms with Crippen molar-refractivity contribution in [1.82, 2.24) is 0 Å². The number of hydrogen-bond donors (Lipinski definition) is 0. The molecule has 0 atom stereocenters. The van der Waals surface area contributed by atoms with Gasteiger partial charge in [-0.3, -0.25) is 4.79 Å². The second-order valence-corrected chi connectivity index (χ2v) is 8.54. The van der Waals surface area contributed by atoms with Crippen LogP contribution in [0.15, 0.2) is 77.7 Å². The summed E-state index contributed by atoms with van der Waals surface area (Å²) in [7, 11) is -4.18. The van der Waals surface area contributed by atoms with Crippen LogP contribution in [0.25, 0.3) is 0 Å². The summed E-state index contributed by atoms with van der Waals surface area (Å²) in [6, 6.07) is 18.2. The van der Waals surface area contributed by atoms with Crippen molar-refractivity contribution in [2.24, 2.45) is 0 Å². The van der Waals surface area contributed by atoms with Crippen molar-refractivity contribution < 1.29 is 17.9 Å². The van der Waals surface area contributed by atoms with Gasteiger partial charge in [-0.2, -0.15) is 4.31 Å². The van der Waals surface area contributed by atoms with Crippen LogP contribution in [-0.4, -0.2) is 20.9 Å². The van der Waals surface area contributed by atoms with Gasteiger partial charge in [0.05, 0.1) is 27.2 Å². The number of benzene rings is 3. The predicted octanol–water partition coefficient (Wildman–Crippen LogP) is 5.43. The van der Waals surface area contributed by atoms with E-state index >= 15 is 0 Å². The van der Waals surface area contributed by atoms with E-state index in [0.29, 0.717) is 12.4 Å². The third-order valence-corrected chi connectivity index (χ3v) is 6.48. The van der Waals surface area contributed by atoms with Gasteiger partial charge in [0.1, 0.15) is 5.75 Å². The highest BCUT2D eigenvalue weighted by Crippen LogP contribution is 2.30. The van der Waals surface area contributed by atoms with E-state index in [1.807, 2.05) is 6.92 Å². The molecule has 0 bridgehead atoms. The van der Waals surface area contributed by atoms with Gasteiger partial charge in [-0.15, -0.1) is 0 Å². The van der Waals surface area contributed by atoms with Gasteiger partial charge in [0.15, 0.2) is 0 Å². The Morgan fingerprint density at radius 1 is 0.931 bits per heavy atom. The quantitative estimate of drug-likeness (QED) is 0.503. The molecule has 150 valence electrons. The highest BCUT2D eigenvalue weighted by molar-refractivity contribution is 7.93. The average Bonchev–Trinajstić information content (AvgIpc) is 2.72. The molecule has 1 amide bonds. The molecule has 8 heteroatoms. The number of rotatable bonds is 6. The van der Waals surface area contributed by atoms with E-state index in [1.54, 1.807) is 30.3 Å². The van der Waals surface area contributed by atoms with E-state index in [-0.39, 0.29) is 26.2 Å². The van der Waals surface area contributed by atoms with Crippen LogP contribution in [0.1, 0.15) is 17.3 Å². The first-order chi connectivity index (χ1) is 13.8. The number of anilines is 1. The molecule has 0 unspecified atom stereocenters. The number of sulfonamides is 1. The minimum atomic E-state index is -4.18. The maximum Gasteiger partial charge on any atom is 0.272 e. The maximum absolute atomic E-state index is 13.3. The van der Waals surface area contributed by atoms with Crippen molar-refractivity contribution >= 4 is 44.8 Å². The molecule has 0 spiro atoms. The molecule has 3 rings (SSSR count). The van der Waals surface area contributed by atoms with Crippen LogP contribution in [0.2, 0.25) is 10.0 Å². The van der Waals surface area contributed by atoms with Crippen LogP contribution >= 0.6 is 23.2 Å². The summed E-state index contributed by atoms with van der Waals surface area (Å²) in [5.74, 6) is -0.188. The molecule has 0 heterocycles. The highest BCUT2D eigenvalue weighted by atomic mass is 35.5. The molecular weight excluding hydrogens is 433 g/mol. The molecule has 0 fully saturated rings. The Kier molecular flexibility index (Phi) is 6.47. The average molecular weight is 450 g/mol. The fourth-order valence-corrected chi connectivity index (χ4v) is 4.39. The molecule has 0 aromatic heterocycles. The van der Waals surface area contributed by atoms with Gasteiger partial charge < -0.3 is 4.74 Å². The van der Waals surface area contributed by atoms with Gasteiger partial charge in [-0.25, -0.2) is 8.42 Å². The van der Waals surface area contributed by atoms with E-state index in [2.05, 4.69) is 0 Å². The number of hydrogen-bond acceptors (Lipinski definition) is 4. The van der Waals surface area contributed by atoms with Crippen molar-refractivity contribution in [1.29, 1.82) is 0 Å². The Morgan fingerprint density at radius 2 is 1.59 bits per heavy atom. The largest absolute Gasteiger partial charge is 0.494 e. The van der Waals surface area contributed by atoms with Crippen molar-refractivity contribution in [3.8, 4) is 5.75 Å². The number of amides is 1. The van der Waals surface area contributed by atoms with E-state index < -0.39 is 15.9 Å². The van der Waals surface area contributed by atoms with E-state index in [0.717, 1.165) is 4.31 Å². The smallest absolute Gasteiger partial charge is 0.272 e. The normalized spacial score (nSPS) is 11.1. The van der Waals surface area contributed by atoms with Crippen molar-refractivity contribution in [2.75, 3.05) is 10.9 Å². The van der Waals surface area contributed by atoms with Gasteiger partial charge in [0, 0.05) is 5.56 Å². The molecule has 3 aromatic carbocycles. The predicted molar refractivity (Wildman–Crippen MR) is 115 cm³/mol. The zero-order valence-electron chi connectivity index (χ0n) is 15.4. The zero-order valence-corrected chi connectivity index (χ0v) is 17.7. The lowest BCUT2D eigenvalue weighted by molar-refractivity contribution is 0.101. The summed E-state index contributed by atoms with van der Waals surface area (Å²) in [6.45, 7) is 2.31. The first-order valence-corrected chi connectivity index (χ1v) is 10.9.